The lowest BCUT2D eigenvalue weighted by atomic mass is 10.3. The number of carbonyl (C=O) groups excluding carboxylic acids is 1. The molecule has 0 fully saturated rings. The van der Waals surface area contributed by atoms with E-state index < -0.39 is 0 Å². The molecular weight excluding hydrogens is 188 g/mol. The number of pyridine rings is 1. The molecule has 0 unspecified atom stereocenters. The molecule has 1 amide bonds. The third-order valence-electron chi connectivity index (χ3n) is 1.79. The van der Waals surface area contributed by atoms with Gasteiger partial charge >= 0.3 is 0 Å². The Balaban J connectivity index is 3.16. The molecule has 1 rings (SSSR count). The number of hydrogen-bond donors (Lipinski definition) is 1. The molecule has 0 saturated carbocycles. The van der Waals surface area contributed by atoms with Gasteiger partial charge in [-0.05, 0) is 23.4 Å². The van der Waals surface area contributed by atoms with Crippen LogP contribution < -0.4 is 15.8 Å². The second-order valence-electron chi connectivity index (χ2n) is 3.14. The Bertz CT molecular complexity index is 489. The third kappa shape index (κ3) is 3.38. The van der Waals surface area contributed by atoms with Crippen LogP contribution in [0, 0.1) is 0 Å². The fourth-order valence-electron chi connectivity index (χ4n) is 1.10. The van der Waals surface area contributed by atoms with E-state index in [4.69, 9.17) is 0 Å². The highest BCUT2D eigenvalue weighted by atomic mass is 16.1. The van der Waals surface area contributed by atoms with Crippen molar-refractivity contribution in [3.8, 4) is 0 Å². The maximum atomic E-state index is 10.8. The molecule has 3 heteroatoms. The van der Waals surface area contributed by atoms with E-state index in [1.165, 1.54) is 6.92 Å². The van der Waals surface area contributed by atoms with E-state index >= 15 is 0 Å². The molecule has 78 valence electrons. The smallest absolute Gasteiger partial charge is 0.222 e. The third-order valence-corrected chi connectivity index (χ3v) is 1.79. The van der Waals surface area contributed by atoms with Gasteiger partial charge in [-0.2, -0.15) is 0 Å². The average molecular weight is 202 g/mol. The summed E-state index contributed by atoms with van der Waals surface area (Å²) >= 11 is 0. The second-order valence-corrected chi connectivity index (χ2v) is 3.14. The number of aromatic nitrogens is 1. The maximum Gasteiger partial charge on any atom is 0.222 e. The lowest BCUT2D eigenvalue weighted by Gasteiger charge is -1.99. The van der Waals surface area contributed by atoms with E-state index in [9.17, 15) is 4.79 Å². The lowest BCUT2D eigenvalue weighted by Crippen LogP contribution is -2.24. The molecular formula is C12H14N2O. The van der Waals surface area contributed by atoms with Gasteiger partial charge in [0.2, 0.25) is 5.91 Å². The predicted molar refractivity (Wildman–Crippen MR) is 62.6 cm³/mol. The highest BCUT2D eigenvalue weighted by Gasteiger charge is 1.95. The number of nitrogens with zero attached hydrogens (tertiary/aromatic N) is 1. The number of anilines is 1. The molecule has 0 radical (unpaired) electrons. The maximum absolute atomic E-state index is 10.8. The van der Waals surface area contributed by atoms with Crippen LogP contribution in [0.15, 0.2) is 24.4 Å². The zero-order valence-electron chi connectivity index (χ0n) is 8.95. The van der Waals surface area contributed by atoms with E-state index in [1.807, 2.05) is 25.2 Å². The van der Waals surface area contributed by atoms with Crippen molar-refractivity contribution in [2.24, 2.45) is 0 Å². The van der Waals surface area contributed by atoms with E-state index in [1.54, 1.807) is 12.3 Å². The lowest BCUT2D eigenvalue weighted by molar-refractivity contribution is -0.114. The van der Waals surface area contributed by atoms with Gasteiger partial charge in [0.15, 0.2) is 0 Å². The largest absolute Gasteiger partial charge is 0.311 e. The first-order chi connectivity index (χ1) is 7.13. The van der Waals surface area contributed by atoms with Crippen molar-refractivity contribution >= 4 is 24.4 Å². The van der Waals surface area contributed by atoms with Crippen LogP contribution in [0.1, 0.15) is 13.8 Å². The number of rotatable bonds is 2. The van der Waals surface area contributed by atoms with Crippen LogP contribution in [0.4, 0.5) is 5.82 Å². The van der Waals surface area contributed by atoms with Gasteiger partial charge in [0.25, 0.3) is 0 Å². The highest BCUT2D eigenvalue weighted by molar-refractivity contribution is 5.87. The summed E-state index contributed by atoms with van der Waals surface area (Å²) < 4.78 is 0. The molecule has 1 N–H and O–H groups in total. The summed E-state index contributed by atoms with van der Waals surface area (Å²) in [7, 11) is 0. The zero-order valence-corrected chi connectivity index (χ0v) is 8.95. The fraction of sp³-hybridized carbons (Fsp3) is 0.167. The van der Waals surface area contributed by atoms with Gasteiger partial charge < -0.3 is 5.32 Å². The van der Waals surface area contributed by atoms with E-state index in [-0.39, 0.29) is 5.91 Å². The minimum absolute atomic E-state index is 0.128. The molecule has 1 heterocycles. The van der Waals surface area contributed by atoms with E-state index in [0.717, 1.165) is 10.4 Å². The first-order valence-corrected chi connectivity index (χ1v) is 4.69. The van der Waals surface area contributed by atoms with Crippen molar-refractivity contribution in [1.82, 2.24) is 4.98 Å². The molecule has 0 saturated heterocycles. The Hall–Kier alpha value is -1.90. The molecule has 3 nitrogen and oxygen atoms in total. The number of hydrogen-bond acceptors (Lipinski definition) is 2. The van der Waals surface area contributed by atoms with Crippen LogP contribution in [-0.2, 0) is 4.79 Å². The van der Waals surface area contributed by atoms with Crippen LogP contribution in [0.2, 0.25) is 0 Å². The Morgan fingerprint density at radius 1 is 1.60 bits per heavy atom. The van der Waals surface area contributed by atoms with Crippen molar-refractivity contribution in [2.45, 2.75) is 13.8 Å². The van der Waals surface area contributed by atoms with Crippen molar-refractivity contribution < 1.29 is 4.79 Å². The summed E-state index contributed by atoms with van der Waals surface area (Å²) in [6.07, 6.45) is 7.41. The second kappa shape index (κ2) is 5.10. The van der Waals surface area contributed by atoms with Crippen LogP contribution >= 0.6 is 0 Å². The van der Waals surface area contributed by atoms with Gasteiger partial charge in [0, 0.05) is 13.1 Å². The molecule has 1 aromatic rings. The van der Waals surface area contributed by atoms with Gasteiger partial charge in [0.1, 0.15) is 5.82 Å². The number of allylic oxidation sites excluding steroid dienone is 2. The minimum atomic E-state index is -0.128. The summed E-state index contributed by atoms with van der Waals surface area (Å²) in [5.41, 5.74) is 0. The number of carbonyl (C=O) groups is 1. The topological polar surface area (TPSA) is 42.0 Å². The highest BCUT2D eigenvalue weighted by Crippen LogP contribution is 1.93. The SMILES string of the molecule is C=c1cnc(NC(C)=O)c/c1=C/C=C\C. The predicted octanol–water partition coefficient (Wildman–Crippen LogP) is 0.807. The Morgan fingerprint density at radius 2 is 2.33 bits per heavy atom. The van der Waals surface area contributed by atoms with E-state index in [0.29, 0.717) is 5.82 Å². The molecule has 0 spiro atoms. The van der Waals surface area contributed by atoms with E-state index in [2.05, 4.69) is 16.9 Å². The molecule has 0 aliphatic carbocycles. The quantitative estimate of drug-likeness (QED) is 0.771. The summed E-state index contributed by atoms with van der Waals surface area (Å²) in [4.78, 5) is 14.9. The first-order valence-electron chi connectivity index (χ1n) is 4.69. The van der Waals surface area contributed by atoms with Crippen LogP contribution in [0.5, 0.6) is 0 Å². The summed E-state index contributed by atoms with van der Waals surface area (Å²) in [6, 6.07) is 1.80. The van der Waals surface area contributed by atoms with Crippen molar-refractivity contribution in [3.63, 3.8) is 0 Å². The molecule has 0 aliphatic rings. The van der Waals surface area contributed by atoms with Crippen LogP contribution in [0.25, 0.3) is 12.7 Å². The van der Waals surface area contributed by atoms with Gasteiger partial charge in [-0.15, -0.1) is 0 Å². The van der Waals surface area contributed by atoms with Crippen molar-refractivity contribution in [1.29, 1.82) is 0 Å². The first kappa shape index (κ1) is 11.2. The molecule has 0 aromatic carbocycles. The average Bonchev–Trinajstić information content (AvgIpc) is 2.18. The monoisotopic (exact) mass is 202 g/mol. The van der Waals surface area contributed by atoms with Gasteiger partial charge in [0.05, 0.1) is 0 Å². The van der Waals surface area contributed by atoms with Gasteiger partial charge in [-0.1, -0.05) is 24.8 Å². The minimum Gasteiger partial charge on any atom is -0.311 e. The van der Waals surface area contributed by atoms with Gasteiger partial charge in [-0.3, -0.25) is 4.79 Å². The van der Waals surface area contributed by atoms with Crippen LogP contribution in [-0.4, -0.2) is 10.9 Å². The molecule has 0 atom stereocenters. The zero-order chi connectivity index (χ0) is 11.3. The Kier molecular flexibility index (Phi) is 3.80. The van der Waals surface area contributed by atoms with Crippen molar-refractivity contribution in [2.75, 3.05) is 5.32 Å². The standard InChI is InChI=1S/C12H14N2O/c1-4-5-6-11-7-12(14-10(3)15)13-8-9(11)2/h4-8H,2H2,1,3H3,(H,14,15)/b5-4-,11-6-. The fourth-order valence-corrected chi connectivity index (χ4v) is 1.10. The van der Waals surface area contributed by atoms with Gasteiger partial charge in [-0.25, -0.2) is 4.98 Å². The van der Waals surface area contributed by atoms with Crippen molar-refractivity contribution in [3.05, 3.63) is 34.9 Å². The summed E-state index contributed by atoms with van der Waals surface area (Å²) in [5, 5.41) is 4.41. The molecule has 15 heavy (non-hydrogen) atoms. The molecule has 0 bridgehead atoms. The Labute approximate surface area is 88.8 Å². The normalized spacial score (nSPS) is 12.0. The van der Waals surface area contributed by atoms with Crippen LogP contribution in [0.3, 0.4) is 0 Å². The molecule has 0 aliphatic heterocycles. The number of nitrogens with one attached hydrogen (secondary N) is 1. The molecule has 1 aromatic heterocycles. The number of amides is 1. The summed E-state index contributed by atoms with van der Waals surface area (Å²) in [5.74, 6) is 0.418. The summed E-state index contributed by atoms with van der Waals surface area (Å²) in [6.45, 7) is 7.25. The Morgan fingerprint density at radius 3 is 2.93 bits per heavy atom.